The number of amidine groups is 1. The van der Waals surface area contributed by atoms with E-state index in [9.17, 15) is 4.79 Å². The van der Waals surface area contributed by atoms with E-state index in [4.69, 9.17) is 10.9 Å². The van der Waals surface area contributed by atoms with Gasteiger partial charge in [0.15, 0.2) is 5.84 Å². The van der Waals surface area contributed by atoms with Crippen LogP contribution in [0.4, 0.5) is 5.69 Å². The van der Waals surface area contributed by atoms with Gasteiger partial charge in [-0.15, -0.1) is 0 Å². The Labute approximate surface area is 114 Å². The van der Waals surface area contributed by atoms with Gasteiger partial charge in [-0.2, -0.15) is 0 Å². The number of hydrogen-bond acceptors (Lipinski definition) is 3. The molecule has 0 aromatic heterocycles. The first kappa shape index (κ1) is 14.5. The molecule has 18 heavy (non-hydrogen) atoms. The topological polar surface area (TPSA) is 87.7 Å². The molecule has 0 aliphatic heterocycles. The average Bonchev–Trinajstić information content (AvgIpc) is 2.39. The van der Waals surface area contributed by atoms with Gasteiger partial charge in [-0.1, -0.05) is 24.2 Å². The highest BCUT2D eigenvalue weighted by Gasteiger charge is 2.36. The van der Waals surface area contributed by atoms with Crippen molar-refractivity contribution in [1.29, 1.82) is 0 Å². The molecule has 0 saturated heterocycles. The number of carbonyl (C=O) groups is 1. The number of halogens is 1. The lowest BCUT2D eigenvalue weighted by atomic mass is 9.85. The number of rotatable bonds is 4. The smallest absolute Gasteiger partial charge is 0.238 e. The second-order valence-electron chi connectivity index (χ2n) is 4.10. The van der Waals surface area contributed by atoms with E-state index in [1.807, 2.05) is 18.2 Å². The predicted molar refractivity (Wildman–Crippen MR) is 74.6 cm³/mol. The molecule has 1 atom stereocenters. The summed E-state index contributed by atoms with van der Waals surface area (Å²) in [7, 11) is 0. The summed E-state index contributed by atoms with van der Waals surface area (Å²) in [5.74, 6) is -0.415. The zero-order chi connectivity index (χ0) is 13.8. The third-order valence-corrected chi connectivity index (χ3v) is 3.69. The van der Waals surface area contributed by atoms with Crippen molar-refractivity contribution in [1.82, 2.24) is 0 Å². The van der Waals surface area contributed by atoms with Crippen LogP contribution in [0, 0.1) is 5.41 Å². The van der Waals surface area contributed by atoms with Gasteiger partial charge in [0.05, 0.1) is 5.69 Å². The molecular formula is C12H16BrN3O2. The number of para-hydroxylation sites is 1. The average molecular weight is 314 g/mol. The van der Waals surface area contributed by atoms with Crippen LogP contribution in [0.15, 0.2) is 33.9 Å². The molecule has 1 aromatic rings. The van der Waals surface area contributed by atoms with Gasteiger partial charge in [-0.3, -0.25) is 4.79 Å². The normalized spacial score (nSPS) is 14.9. The second kappa shape index (κ2) is 5.86. The van der Waals surface area contributed by atoms with Crippen LogP contribution in [0.1, 0.15) is 20.3 Å². The molecule has 6 heteroatoms. The maximum Gasteiger partial charge on any atom is 0.238 e. The number of nitrogens with two attached hydrogens (primary N) is 1. The van der Waals surface area contributed by atoms with Gasteiger partial charge < -0.3 is 16.3 Å². The van der Waals surface area contributed by atoms with Crippen LogP contribution < -0.4 is 11.1 Å². The molecule has 0 heterocycles. The fraction of sp³-hybridized carbons (Fsp3) is 0.333. The SMILES string of the molecule is CCC(C)(C(=O)Nc1ccccc1Br)/C(N)=N/O. The summed E-state index contributed by atoms with van der Waals surface area (Å²) in [5, 5.41) is 14.4. The molecule has 0 aliphatic rings. The predicted octanol–water partition coefficient (Wildman–Crippen LogP) is 2.55. The fourth-order valence-electron chi connectivity index (χ4n) is 1.39. The summed E-state index contributed by atoms with van der Waals surface area (Å²) in [5.41, 5.74) is 5.19. The van der Waals surface area contributed by atoms with E-state index in [1.54, 1.807) is 19.9 Å². The molecule has 1 aromatic carbocycles. The van der Waals surface area contributed by atoms with Crippen LogP contribution in [0.2, 0.25) is 0 Å². The number of carbonyl (C=O) groups excluding carboxylic acids is 1. The van der Waals surface area contributed by atoms with Crippen molar-refractivity contribution in [2.24, 2.45) is 16.3 Å². The van der Waals surface area contributed by atoms with E-state index < -0.39 is 5.41 Å². The molecule has 0 fully saturated rings. The zero-order valence-electron chi connectivity index (χ0n) is 10.3. The summed E-state index contributed by atoms with van der Waals surface area (Å²) in [4.78, 5) is 12.2. The standard InChI is InChI=1S/C12H16BrN3O2/c1-3-12(2,10(14)16-18)11(17)15-9-7-5-4-6-8(9)13/h4-7,18H,3H2,1-2H3,(H2,14,16)(H,15,17). The van der Waals surface area contributed by atoms with Crippen LogP contribution in [0.3, 0.4) is 0 Å². The minimum absolute atomic E-state index is 0.102. The maximum absolute atomic E-state index is 12.2. The Hall–Kier alpha value is -1.56. The number of hydrogen-bond donors (Lipinski definition) is 3. The van der Waals surface area contributed by atoms with Crippen molar-refractivity contribution < 1.29 is 10.0 Å². The van der Waals surface area contributed by atoms with Crippen LogP contribution in [-0.2, 0) is 4.79 Å². The first-order valence-corrected chi connectivity index (χ1v) is 6.29. The number of amides is 1. The Morgan fingerprint density at radius 2 is 2.17 bits per heavy atom. The molecule has 98 valence electrons. The Bertz CT molecular complexity index is 476. The van der Waals surface area contributed by atoms with Crippen molar-refractivity contribution in [2.75, 3.05) is 5.32 Å². The lowest BCUT2D eigenvalue weighted by Crippen LogP contribution is -2.44. The van der Waals surface area contributed by atoms with Gasteiger partial charge in [0.1, 0.15) is 5.41 Å². The van der Waals surface area contributed by atoms with Crippen molar-refractivity contribution in [3.8, 4) is 0 Å². The Morgan fingerprint density at radius 1 is 1.56 bits per heavy atom. The van der Waals surface area contributed by atoms with Crippen LogP contribution in [0.25, 0.3) is 0 Å². The van der Waals surface area contributed by atoms with Gasteiger partial charge in [0.2, 0.25) is 5.91 Å². The van der Waals surface area contributed by atoms with E-state index in [2.05, 4.69) is 26.4 Å². The molecule has 1 rings (SSSR count). The first-order chi connectivity index (χ1) is 8.45. The van der Waals surface area contributed by atoms with Gasteiger partial charge in [-0.25, -0.2) is 0 Å². The highest BCUT2D eigenvalue weighted by Crippen LogP contribution is 2.27. The summed E-state index contributed by atoms with van der Waals surface area (Å²) in [6.45, 7) is 3.44. The zero-order valence-corrected chi connectivity index (χ0v) is 11.9. The minimum Gasteiger partial charge on any atom is -0.409 e. The Kier molecular flexibility index (Phi) is 4.72. The van der Waals surface area contributed by atoms with E-state index in [0.29, 0.717) is 12.1 Å². The lowest BCUT2D eigenvalue weighted by molar-refractivity contribution is -0.121. The summed E-state index contributed by atoms with van der Waals surface area (Å²) >= 11 is 3.34. The van der Waals surface area contributed by atoms with Gasteiger partial charge in [-0.05, 0) is 41.4 Å². The first-order valence-electron chi connectivity index (χ1n) is 5.49. The second-order valence-corrected chi connectivity index (χ2v) is 4.96. The molecule has 5 nitrogen and oxygen atoms in total. The van der Waals surface area contributed by atoms with E-state index in [-0.39, 0.29) is 11.7 Å². The van der Waals surface area contributed by atoms with Crippen molar-refractivity contribution in [2.45, 2.75) is 20.3 Å². The van der Waals surface area contributed by atoms with Crippen molar-refractivity contribution >= 4 is 33.4 Å². The molecule has 0 aliphatic carbocycles. The molecule has 1 amide bonds. The summed E-state index contributed by atoms with van der Waals surface area (Å²) in [6.07, 6.45) is 0.430. The number of nitrogens with zero attached hydrogens (tertiary/aromatic N) is 1. The van der Waals surface area contributed by atoms with E-state index in [0.717, 1.165) is 4.47 Å². The third kappa shape index (κ3) is 2.81. The van der Waals surface area contributed by atoms with Gasteiger partial charge in [0.25, 0.3) is 0 Å². The number of anilines is 1. The molecule has 1 unspecified atom stereocenters. The Balaban J connectivity index is 2.98. The molecule has 0 spiro atoms. The fourth-order valence-corrected chi connectivity index (χ4v) is 1.78. The van der Waals surface area contributed by atoms with E-state index in [1.165, 1.54) is 0 Å². The van der Waals surface area contributed by atoms with Crippen LogP contribution >= 0.6 is 15.9 Å². The molecular weight excluding hydrogens is 298 g/mol. The highest BCUT2D eigenvalue weighted by molar-refractivity contribution is 9.10. The summed E-state index contributed by atoms with van der Waals surface area (Å²) in [6, 6.07) is 7.25. The largest absolute Gasteiger partial charge is 0.409 e. The molecule has 0 saturated carbocycles. The third-order valence-electron chi connectivity index (χ3n) is 3.00. The van der Waals surface area contributed by atoms with Crippen molar-refractivity contribution in [3.05, 3.63) is 28.7 Å². The Morgan fingerprint density at radius 3 is 2.67 bits per heavy atom. The summed E-state index contributed by atoms with van der Waals surface area (Å²) < 4.78 is 0.774. The van der Waals surface area contributed by atoms with Gasteiger partial charge in [0, 0.05) is 4.47 Å². The maximum atomic E-state index is 12.2. The monoisotopic (exact) mass is 313 g/mol. The number of benzene rings is 1. The molecule has 0 bridgehead atoms. The van der Waals surface area contributed by atoms with Gasteiger partial charge >= 0.3 is 0 Å². The van der Waals surface area contributed by atoms with Crippen LogP contribution in [-0.4, -0.2) is 17.0 Å². The van der Waals surface area contributed by atoms with Crippen LogP contribution in [0.5, 0.6) is 0 Å². The lowest BCUT2D eigenvalue weighted by Gasteiger charge is -2.25. The quantitative estimate of drug-likeness (QED) is 0.345. The molecule has 4 N–H and O–H groups in total. The minimum atomic E-state index is -1.04. The van der Waals surface area contributed by atoms with Crippen molar-refractivity contribution in [3.63, 3.8) is 0 Å². The highest BCUT2D eigenvalue weighted by atomic mass is 79.9. The molecule has 0 radical (unpaired) electrons. The number of nitrogens with one attached hydrogen (secondary N) is 1. The van der Waals surface area contributed by atoms with E-state index >= 15 is 0 Å². The number of oxime groups is 1.